The summed E-state index contributed by atoms with van der Waals surface area (Å²) in [6, 6.07) is 19.7. The maximum absolute atomic E-state index is 11.0. The second-order valence-electron chi connectivity index (χ2n) is 6.80. The standard InChI is InChI=1S/C20H24N2O3Si/c1-22(11-12-23)15-26(24,25)20(13-16-7-3-2-4-8-16)19-14-17-9-5-6-10-18(17)21-19/h2-10,12,14,20-21,24-25H,11,13,15H2,1H3. The minimum absolute atomic E-state index is 0.110. The van der Waals surface area contributed by atoms with Crippen LogP contribution in [0.1, 0.15) is 16.8 Å². The maximum atomic E-state index is 11.0. The highest BCUT2D eigenvalue weighted by Crippen LogP contribution is 2.30. The molecule has 136 valence electrons. The van der Waals surface area contributed by atoms with Crippen LogP contribution in [0, 0.1) is 0 Å². The van der Waals surface area contributed by atoms with Gasteiger partial charge in [0.1, 0.15) is 6.29 Å². The van der Waals surface area contributed by atoms with Crippen LogP contribution >= 0.6 is 0 Å². The number of nitrogens with one attached hydrogen (secondary N) is 1. The molecule has 1 heterocycles. The summed E-state index contributed by atoms with van der Waals surface area (Å²) in [5.41, 5.74) is 2.43. The fourth-order valence-corrected chi connectivity index (χ4v) is 5.72. The van der Waals surface area contributed by atoms with Crippen LogP contribution in [0.3, 0.4) is 0 Å². The molecule has 3 N–H and O–H groups in total. The first-order valence-corrected chi connectivity index (χ1v) is 10.9. The number of hydrogen-bond acceptors (Lipinski definition) is 4. The van der Waals surface area contributed by atoms with E-state index in [1.807, 2.05) is 60.7 Å². The summed E-state index contributed by atoms with van der Waals surface area (Å²) >= 11 is 0. The minimum Gasteiger partial charge on any atom is -0.410 e. The minimum atomic E-state index is -3.68. The SMILES string of the molecule is CN(CC=O)C[Si](O)(O)C(Cc1ccccc1)c1cc2ccccc2[nH]1. The van der Waals surface area contributed by atoms with Crippen LogP contribution in [0.4, 0.5) is 0 Å². The van der Waals surface area contributed by atoms with Gasteiger partial charge >= 0.3 is 8.56 Å². The van der Waals surface area contributed by atoms with E-state index in [1.165, 1.54) is 0 Å². The molecule has 0 saturated carbocycles. The molecule has 0 bridgehead atoms. The fraction of sp³-hybridized carbons (Fsp3) is 0.250. The summed E-state index contributed by atoms with van der Waals surface area (Å²) in [6.45, 7) is 0.181. The zero-order chi connectivity index (χ0) is 18.6. The first-order valence-electron chi connectivity index (χ1n) is 8.68. The lowest BCUT2D eigenvalue weighted by atomic mass is 10.1. The van der Waals surface area contributed by atoms with Crippen molar-refractivity contribution in [2.45, 2.75) is 12.0 Å². The number of likely N-dealkylation sites (N-methyl/N-ethyl adjacent to an activating group) is 1. The third-order valence-electron chi connectivity index (χ3n) is 4.66. The van der Waals surface area contributed by atoms with Crippen molar-refractivity contribution in [2.75, 3.05) is 19.8 Å². The summed E-state index contributed by atoms with van der Waals surface area (Å²) in [6.07, 6.45) is 1.42. The van der Waals surface area contributed by atoms with Gasteiger partial charge in [0, 0.05) is 22.9 Å². The average Bonchev–Trinajstić information content (AvgIpc) is 3.03. The predicted molar refractivity (Wildman–Crippen MR) is 105 cm³/mol. The number of nitrogens with zero attached hydrogens (tertiary/aromatic N) is 1. The van der Waals surface area contributed by atoms with Crippen LogP contribution in [0.15, 0.2) is 60.7 Å². The lowest BCUT2D eigenvalue weighted by Crippen LogP contribution is -2.53. The van der Waals surface area contributed by atoms with Crippen molar-refractivity contribution in [2.24, 2.45) is 0 Å². The molecule has 2 aromatic carbocycles. The third-order valence-corrected chi connectivity index (χ3v) is 7.29. The third kappa shape index (κ3) is 4.28. The first kappa shape index (κ1) is 18.5. The smallest absolute Gasteiger partial charge is 0.356 e. The molecule has 0 spiro atoms. The van der Waals surface area contributed by atoms with Crippen LogP contribution < -0.4 is 0 Å². The lowest BCUT2D eigenvalue weighted by Gasteiger charge is -2.30. The van der Waals surface area contributed by atoms with E-state index in [9.17, 15) is 14.4 Å². The van der Waals surface area contributed by atoms with Crippen LogP contribution in [0.5, 0.6) is 0 Å². The predicted octanol–water partition coefficient (Wildman–Crippen LogP) is 2.13. The highest BCUT2D eigenvalue weighted by Gasteiger charge is 2.42. The number of H-pyrrole nitrogens is 1. The molecule has 26 heavy (non-hydrogen) atoms. The van der Waals surface area contributed by atoms with Gasteiger partial charge in [-0.15, -0.1) is 0 Å². The van der Waals surface area contributed by atoms with Gasteiger partial charge in [-0.1, -0.05) is 48.5 Å². The molecule has 0 aliphatic rings. The number of para-hydroxylation sites is 1. The van der Waals surface area contributed by atoms with Crippen LogP contribution in [-0.4, -0.2) is 54.1 Å². The number of benzene rings is 2. The lowest BCUT2D eigenvalue weighted by molar-refractivity contribution is -0.108. The Morgan fingerprint density at radius 3 is 2.50 bits per heavy atom. The van der Waals surface area contributed by atoms with Crippen molar-refractivity contribution < 1.29 is 14.4 Å². The van der Waals surface area contributed by atoms with Crippen molar-refractivity contribution in [1.29, 1.82) is 0 Å². The summed E-state index contributed by atoms with van der Waals surface area (Å²) < 4.78 is 0. The van der Waals surface area contributed by atoms with Crippen LogP contribution in [-0.2, 0) is 11.2 Å². The number of hydrogen-bond donors (Lipinski definition) is 3. The zero-order valence-electron chi connectivity index (χ0n) is 14.8. The number of aromatic amines is 1. The fourth-order valence-electron chi connectivity index (χ4n) is 3.36. The average molecular weight is 369 g/mol. The number of carbonyl (C=O) groups excluding carboxylic acids is 1. The molecule has 3 rings (SSSR count). The van der Waals surface area contributed by atoms with E-state index in [2.05, 4.69) is 4.98 Å². The number of carbonyl (C=O) groups is 1. The number of aldehydes is 1. The van der Waals surface area contributed by atoms with Crippen molar-refractivity contribution >= 4 is 25.7 Å². The Morgan fingerprint density at radius 2 is 1.81 bits per heavy atom. The van der Waals surface area contributed by atoms with E-state index in [-0.39, 0.29) is 12.7 Å². The van der Waals surface area contributed by atoms with E-state index in [0.29, 0.717) is 6.42 Å². The quantitative estimate of drug-likeness (QED) is 0.420. The van der Waals surface area contributed by atoms with Gasteiger partial charge in [0.2, 0.25) is 0 Å². The van der Waals surface area contributed by atoms with Crippen molar-refractivity contribution in [3.63, 3.8) is 0 Å². The van der Waals surface area contributed by atoms with Gasteiger partial charge in [-0.2, -0.15) is 0 Å². The number of fused-ring (bicyclic) bond motifs is 1. The van der Waals surface area contributed by atoms with E-state index in [1.54, 1.807) is 11.9 Å². The Bertz CT molecular complexity index is 831. The van der Waals surface area contributed by atoms with E-state index in [0.717, 1.165) is 28.4 Å². The molecular formula is C20H24N2O3Si. The number of rotatable bonds is 8. The monoisotopic (exact) mass is 368 g/mol. The topological polar surface area (TPSA) is 76.6 Å². The second kappa shape index (κ2) is 7.97. The van der Waals surface area contributed by atoms with Crippen molar-refractivity contribution in [1.82, 2.24) is 9.88 Å². The van der Waals surface area contributed by atoms with Gasteiger partial charge in [-0.25, -0.2) is 0 Å². The Hall–Kier alpha value is -2.25. The van der Waals surface area contributed by atoms with Gasteiger partial charge in [-0.3, -0.25) is 4.90 Å². The van der Waals surface area contributed by atoms with E-state index < -0.39 is 14.1 Å². The Kier molecular flexibility index (Phi) is 5.68. The highest BCUT2D eigenvalue weighted by atomic mass is 28.4. The molecule has 0 aliphatic carbocycles. The number of aromatic nitrogens is 1. The van der Waals surface area contributed by atoms with Gasteiger partial charge in [-0.05, 0) is 36.6 Å². The summed E-state index contributed by atoms with van der Waals surface area (Å²) in [7, 11) is -1.95. The van der Waals surface area contributed by atoms with E-state index >= 15 is 0 Å². The normalized spacial score (nSPS) is 13.2. The van der Waals surface area contributed by atoms with Gasteiger partial charge in [0.25, 0.3) is 0 Å². The molecular weight excluding hydrogens is 344 g/mol. The molecule has 6 heteroatoms. The second-order valence-corrected chi connectivity index (χ2v) is 9.57. The summed E-state index contributed by atoms with van der Waals surface area (Å²) in [5, 5.41) is 1.05. The largest absolute Gasteiger partial charge is 0.410 e. The Labute approximate surface area is 154 Å². The Morgan fingerprint density at radius 1 is 1.12 bits per heavy atom. The molecule has 5 nitrogen and oxygen atoms in total. The van der Waals surface area contributed by atoms with Gasteiger partial charge in [0.15, 0.2) is 0 Å². The first-order chi connectivity index (χ1) is 12.5. The summed E-state index contributed by atoms with van der Waals surface area (Å²) in [4.78, 5) is 37.8. The van der Waals surface area contributed by atoms with Crippen molar-refractivity contribution in [3.05, 3.63) is 71.9 Å². The molecule has 0 saturated heterocycles. The van der Waals surface area contributed by atoms with Gasteiger partial charge in [0.05, 0.1) is 6.54 Å². The Balaban J connectivity index is 1.96. The molecule has 1 unspecified atom stereocenters. The zero-order valence-corrected chi connectivity index (χ0v) is 15.8. The molecule has 0 amide bonds. The molecule has 0 aliphatic heterocycles. The molecule has 3 aromatic rings. The van der Waals surface area contributed by atoms with Crippen LogP contribution in [0.25, 0.3) is 10.9 Å². The maximum Gasteiger partial charge on any atom is 0.356 e. The van der Waals surface area contributed by atoms with Crippen molar-refractivity contribution in [3.8, 4) is 0 Å². The van der Waals surface area contributed by atoms with Gasteiger partial charge < -0.3 is 19.4 Å². The van der Waals surface area contributed by atoms with E-state index in [4.69, 9.17) is 0 Å². The summed E-state index contributed by atoms with van der Waals surface area (Å²) in [5.74, 6) is 0. The molecule has 0 radical (unpaired) electrons. The molecule has 1 atom stereocenters. The molecule has 0 fully saturated rings. The van der Waals surface area contributed by atoms with Crippen LogP contribution in [0.2, 0.25) is 0 Å². The molecule has 1 aromatic heterocycles. The highest BCUT2D eigenvalue weighted by molar-refractivity contribution is 6.66.